The number of phenolic OH excluding ortho intramolecular Hbond substituents is 1. The maximum atomic E-state index is 10.2. The molecule has 0 bridgehead atoms. The lowest BCUT2D eigenvalue weighted by molar-refractivity contribution is 0.182. The Morgan fingerprint density at radius 3 is 2.38 bits per heavy atom. The average molecular weight is 452 g/mol. The highest BCUT2D eigenvalue weighted by molar-refractivity contribution is 6.43. The largest absolute Gasteiger partial charge is 0.508 e. The van der Waals surface area contributed by atoms with Crippen LogP contribution in [0, 0.1) is 0 Å². The summed E-state index contributed by atoms with van der Waals surface area (Å²) in [6.45, 7) is 4.60. The summed E-state index contributed by atoms with van der Waals surface area (Å²) in [7, 11) is -0.821. The molecule has 4 rings (SSSR count). The first-order valence-corrected chi connectivity index (χ1v) is 11.5. The lowest BCUT2D eigenvalue weighted by atomic mass is 9.78. The highest BCUT2D eigenvalue weighted by Crippen LogP contribution is 2.31. The van der Waals surface area contributed by atoms with Crippen LogP contribution in [0.4, 0.5) is 0 Å². The number of para-hydroxylation sites is 1. The van der Waals surface area contributed by atoms with Crippen LogP contribution < -0.4 is 4.74 Å². The average Bonchev–Trinajstić information content (AvgIpc) is 2.87. The summed E-state index contributed by atoms with van der Waals surface area (Å²) in [6, 6.07) is 27.0. The van der Waals surface area contributed by atoms with Crippen LogP contribution in [0.25, 0.3) is 11.6 Å². The first kappa shape index (κ1) is 23.6. The van der Waals surface area contributed by atoms with Crippen molar-refractivity contribution >= 4 is 18.8 Å². The number of benzene rings is 3. The molecule has 1 aliphatic rings. The van der Waals surface area contributed by atoms with Crippen molar-refractivity contribution in [1.82, 2.24) is 0 Å². The molecule has 1 aliphatic heterocycles. The second-order valence-corrected chi connectivity index (χ2v) is 8.35. The van der Waals surface area contributed by atoms with Crippen molar-refractivity contribution in [3.8, 4) is 11.5 Å². The van der Waals surface area contributed by atoms with Gasteiger partial charge in [-0.25, -0.2) is 0 Å². The number of allylic oxidation sites excluding steroid dienone is 2. The summed E-state index contributed by atoms with van der Waals surface area (Å²) in [5.41, 5.74) is 5.13. The summed E-state index contributed by atoms with van der Waals surface area (Å²) in [4.78, 5) is 0. The normalized spacial score (nSPS) is 16.1. The van der Waals surface area contributed by atoms with Gasteiger partial charge in [-0.2, -0.15) is 0 Å². The topological polar surface area (TPSA) is 58.9 Å². The minimum absolute atomic E-state index is 0.244. The maximum absolute atomic E-state index is 10.2. The first-order chi connectivity index (χ1) is 16.6. The molecule has 0 spiro atoms. The van der Waals surface area contributed by atoms with Gasteiger partial charge in [0.15, 0.2) is 0 Å². The molecule has 172 valence electrons. The van der Waals surface area contributed by atoms with E-state index in [0.29, 0.717) is 19.3 Å². The standard InChI is InChI=1S/C29H29BO4/c1-22(21-33-27-10-6-3-7-11-27)28-18-19-30(32)34-29(28)17-14-25(24-8-4-2-5-9-24)20-23-12-15-26(31)16-13-23/h2-13,15-16,18,20,29,31-32H,1,14,17,19,21H2/b25-20-. The third-order valence-corrected chi connectivity index (χ3v) is 5.83. The predicted octanol–water partition coefficient (Wildman–Crippen LogP) is 6.15. The number of aromatic hydroxyl groups is 1. The SMILES string of the molecule is C=C(COc1ccccc1)C1=CCB(O)OC1CC/C(=C/c1ccc(O)cc1)c1ccccc1. The van der Waals surface area contributed by atoms with E-state index >= 15 is 0 Å². The molecule has 4 nitrogen and oxygen atoms in total. The van der Waals surface area contributed by atoms with Crippen molar-refractivity contribution in [3.63, 3.8) is 0 Å². The Balaban J connectivity index is 1.49. The van der Waals surface area contributed by atoms with Crippen LogP contribution >= 0.6 is 0 Å². The maximum Gasteiger partial charge on any atom is 0.458 e. The van der Waals surface area contributed by atoms with Gasteiger partial charge >= 0.3 is 7.12 Å². The van der Waals surface area contributed by atoms with Gasteiger partial charge in [0.2, 0.25) is 0 Å². The Labute approximate surface area is 201 Å². The number of hydrogen-bond donors (Lipinski definition) is 2. The molecule has 34 heavy (non-hydrogen) atoms. The summed E-state index contributed by atoms with van der Waals surface area (Å²) in [6.07, 6.45) is 5.73. The monoisotopic (exact) mass is 452 g/mol. The van der Waals surface area contributed by atoms with Crippen LogP contribution in [0.2, 0.25) is 6.32 Å². The molecule has 3 aromatic carbocycles. The number of rotatable bonds is 9. The van der Waals surface area contributed by atoms with E-state index in [1.807, 2.05) is 66.7 Å². The van der Waals surface area contributed by atoms with Crippen molar-refractivity contribution in [2.75, 3.05) is 6.61 Å². The quantitative estimate of drug-likeness (QED) is 0.302. The molecule has 0 radical (unpaired) electrons. The van der Waals surface area contributed by atoms with E-state index in [2.05, 4.69) is 24.8 Å². The summed E-state index contributed by atoms with van der Waals surface area (Å²) in [5.74, 6) is 1.04. The Bertz CT molecular complexity index is 1140. The third kappa shape index (κ3) is 6.50. The van der Waals surface area contributed by atoms with Gasteiger partial charge in [0.1, 0.15) is 18.1 Å². The zero-order valence-corrected chi connectivity index (χ0v) is 19.1. The van der Waals surface area contributed by atoms with E-state index in [1.54, 1.807) is 12.1 Å². The summed E-state index contributed by atoms with van der Waals surface area (Å²) >= 11 is 0. The van der Waals surface area contributed by atoms with Crippen LogP contribution in [0.3, 0.4) is 0 Å². The minimum Gasteiger partial charge on any atom is -0.508 e. The van der Waals surface area contributed by atoms with E-state index in [0.717, 1.165) is 40.0 Å². The molecule has 0 saturated heterocycles. The lowest BCUT2D eigenvalue weighted by Gasteiger charge is -2.28. The second-order valence-electron chi connectivity index (χ2n) is 8.35. The minimum atomic E-state index is -0.821. The van der Waals surface area contributed by atoms with Crippen LogP contribution in [0.1, 0.15) is 24.0 Å². The van der Waals surface area contributed by atoms with E-state index in [-0.39, 0.29) is 11.9 Å². The fourth-order valence-corrected chi connectivity index (χ4v) is 4.05. The Hall–Kier alpha value is -3.54. The number of hydrogen-bond acceptors (Lipinski definition) is 4. The fourth-order valence-electron chi connectivity index (χ4n) is 4.05. The predicted molar refractivity (Wildman–Crippen MR) is 138 cm³/mol. The van der Waals surface area contributed by atoms with Gasteiger partial charge in [0, 0.05) is 6.32 Å². The highest BCUT2D eigenvalue weighted by Gasteiger charge is 2.28. The molecule has 0 saturated carbocycles. The van der Waals surface area contributed by atoms with Crippen molar-refractivity contribution in [3.05, 3.63) is 120 Å². The van der Waals surface area contributed by atoms with Gasteiger partial charge in [0.05, 0.1) is 6.10 Å². The Kier molecular flexibility index (Phi) is 8.02. The number of ether oxygens (including phenoxy) is 1. The molecule has 1 heterocycles. The van der Waals surface area contributed by atoms with Gasteiger partial charge in [-0.05, 0) is 65.0 Å². The van der Waals surface area contributed by atoms with Crippen LogP contribution in [-0.2, 0) is 4.65 Å². The molecule has 0 aliphatic carbocycles. The molecule has 0 fully saturated rings. The fraction of sp³-hybridized carbons (Fsp3) is 0.172. The summed E-state index contributed by atoms with van der Waals surface area (Å²) in [5, 5.41) is 19.8. The molecule has 5 heteroatoms. The molecular weight excluding hydrogens is 423 g/mol. The van der Waals surface area contributed by atoms with Crippen molar-refractivity contribution in [1.29, 1.82) is 0 Å². The summed E-state index contributed by atoms with van der Waals surface area (Å²) < 4.78 is 11.8. The van der Waals surface area contributed by atoms with Gasteiger partial charge in [-0.1, -0.05) is 79.4 Å². The van der Waals surface area contributed by atoms with Gasteiger partial charge in [0.25, 0.3) is 0 Å². The second kappa shape index (κ2) is 11.5. The molecule has 2 N–H and O–H groups in total. The molecular formula is C29H29BO4. The highest BCUT2D eigenvalue weighted by atomic mass is 16.5. The van der Waals surface area contributed by atoms with Gasteiger partial charge < -0.3 is 19.5 Å². The van der Waals surface area contributed by atoms with E-state index < -0.39 is 7.12 Å². The lowest BCUT2D eigenvalue weighted by Crippen LogP contribution is -2.32. The van der Waals surface area contributed by atoms with Crippen LogP contribution in [0.5, 0.6) is 11.5 Å². The van der Waals surface area contributed by atoms with Crippen molar-refractivity contribution in [2.45, 2.75) is 25.3 Å². The third-order valence-electron chi connectivity index (χ3n) is 5.83. The molecule has 1 atom stereocenters. The zero-order valence-electron chi connectivity index (χ0n) is 19.1. The van der Waals surface area contributed by atoms with Gasteiger partial charge in [-0.3, -0.25) is 0 Å². The van der Waals surface area contributed by atoms with Crippen molar-refractivity contribution < 1.29 is 19.5 Å². The van der Waals surface area contributed by atoms with Crippen molar-refractivity contribution in [2.24, 2.45) is 0 Å². The molecule has 1 unspecified atom stereocenters. The van der Waals surface area contributed by atoms with Crippen LogP contribution in [0.15, 0.2) is 109 Å². The van der Waals surface area contributed by atoms with E-state index in [1.165, 1.54) is 0 Å². The molecule has 0 aromatic heterocycles. The smallest absolute Gasteiger partial charge is 0.458 e. The van der Waals surface area contributed by atoms with Gasteiger partial charge in [-0.15, -0.1) is 0 Å². The number of phenols is 1. The Morgan fingerprint density at radius 2 is 1.68 bits per heavy atom. The Morgan fingerprint density at radius 1 is 1.00 bits per heavy atom. The first-order valence-electron chi connectivity index (χ1n) is 11.5. The molecule has 0 amide bonds. The molecule has 3 aromatic rings. The van der Waals surface area contributed by atoms with E-state index in [4.69, 9.17) is 9.39 Å². The van der Waals surface area contributed by atoms with Crippen LogP contribution in [-0.4, -0.2) is 30.0 Å². The zero-order chi connectivity index (χ0) is 23.8. The van der Waals surface area contributed by atoms with E-state index in [9.17, 15) is 10.1 Å².